The van der Waals surface area contributed by atoms with Gasteiger partial charge in [0.15, 0.2) is 0 Å². The Bertz CT molecular complexity index is 1080. The Kier molecular flexibility index (Phi) is 6.65. The van der Waals surface area contributed by atoms with Gasteiger partial charge in [0.05, 0.1) is 0 Å². The molecule has 3 aromatic rings. The lowest BCUT2D eigenvalue weighted by Gasteiger charge is -2.27. The minimum atomic E-state index is -0.485. The highest BCUT2D eigenvalue weighted by molar-refractivity contribution is 5.94. The molecule has 164 valence electrons. The summed E-state index contributed by atoms with van der Waals surface area (Å²) in [4.78, 5) is 30.5. The van der Waals surface area contributed by atoms with E-state index in [1.807, 2.05) is 12.1 Å². The lowest BCUT2D eigenvalue weighted by molar-refractivity contribution is 0.0949. The van der Waals surface area contributed by atoms with Gasteiger partial charge in [-0.15, -0.1) is 0 Å². The first kappa shape index (κ1) is 21.4. The maximum Gasteiger partial charge on any atom is 0.251 e. The summed E-state index contributed by atoms with van der Waals surface area (Å²) in [5, 5.41) is 2.96. The van der Waals surface area contributed by atoms with Crippen LogP contribution in [-0.2, 0) is 6.54 Å². The van der Waals surface area contributed by atoms with E-state index in [9.17, 15) is 9.59 Å². The van der Waals surface area contributed by atoms with Gasteiger partial charge in [-0.05, 0) is 85.5 Å². The molecule has 0 unspecified atom stereocenters. The molecule has 1 aliphatic rings. The number of pyridine rings is 1. The molecular formula is C25H26N4O3. The average molecular weight is 431 g/mol. The predicted octanol–water partition coefficient (Wildman–Crippen LogP) is 3.89. The van der Waals surface area contributed by atoms with Crippen LogP contribution in [-0.4, -0.2) is 29.9 Å². The van der Waals surface area contributed by atoms with E-state index in [4.69, 9.17) is 10.5 Å². The maximum absolute atomic E-state index is 12.6. The number of carbonyl (C=O) groups excluding carboxylic acids is 2. The van der Waals surface area contributed by atoms with Gasteiger partial charge in [0, 0.05) is 37.0 Å². The molecule has 1 aliphatic heterocycles. The Labute approximate surface area is 187 Å². The second-order valence-corrected chi connectivity index (χ2v) is 7.77. The molecule has 0 aliphatic carbocycles. The van der Waals surface area contributed by atoms with Gasteiger partial charge in [-0.3, -0.25) is 9.59 Å². The molecular weight excluding hydrogens is 404 g/mol. The fourth-order valence-corrected chi connectivity index (χ4v) is 3.65. The van der Waals surface area contributed by atoms with E-state index in [-0.39, 0.29) is 5.91 Å². The topological polar surface area (TPSA) is 97.6 Å². The lowest BCUT2D eigenvalue weighted by atomic mass is 10.1. The van der Waals surface area contributed by atoms with Gasteiger partial charge < -0.3 is 20.7 Å². The summed E-state index contributed by atoms with van der Waals surface area (Å²) in [7, 11) is 0. The SMILES string of the molecule is NC(=O)c1ccc(Oc2ccc(C(=O)NCc3ccnc(N4CCCCC4)c3)cc2)cc1. The van der Waals surface area contributed by atoms with Gasteiger partial charge in [0.1, 0.15) is 17.3 Å². The summed E-state index contributed by atoms with van der Waals surface area (Å²) in [6.45, 7) is 2.51. The summed E-state index contributed by atoms with van der Waals surface area (Å²) in [5.74, 6) is 1.50. The number of nitrogens with zero attached hydrogens (tertiary/aromatic N) is 2. The van der Waals surface area contributed by atoms with E-state index < -0.39 is 5.91 Å². The minimum absolute atomic E-state index is 0.154. The summed E-state index contributed by atoms with van der Waals surface area (Å²) in [5.41, 5.74) is 7.23. The van der Waals surface area contributed by atoms with Gasteiger partial charge in [0.2, 0.25) is 5.91 Å². The van der Waals surface area contributed by atoms with Crippen LogP contribution in [0.25, 0.3) is 0 Å². The number of nitrogens with one attached hydrogen (secondary N) is 1. The number of benzene rings is 2. The van der Waals surface area contributed by atoms with Gasteiger partial charge in [-0.2, -0.15) is 0 Å². The Hall–Kier alpha value is -3.87. The third kappa shape index (κ3) is 5.43. The highest BCUT2D eigenvalue weighted by atomic mass is 16.5. The molecule has 0 atom stereocenters. The van der Waals surface area contributed by atoms with Crippen molar-refractivity contribution >= 4 is 17.6 Å². The van der Waals surface area contributed by atoms with Gasteiger partial charge in [-0.25, -0.2) is 4.98 Å². The van der Waals surface area contributed by atoms with Crippen molar-refractivity contribution in [2.45, 2.75) is 25.8 Å². The van der Waals surface area contributed by atoms with Crippen LogP contribution in [0.2, 0.25) is 0 Å². The molecule has 0 radical (unpaired) electrons. The average Bonchev–Trinajstić information content (AvgIpc) is 2.84. The summed E-state index contributed by atoms with van der Waals surface area (Å²) in [6.07, 6.45) is 5.47. The van der Waals surface area contributed by atoms with Crippen molar-refractivity contribution in [3.05, 3.63) is 83.6 Å². The molecule has 7 nitrogen and oxygen atoms in total. The van der Waals surface area contributed by atoms with Crippen LogP contribution in [0.15, 0.2) is 66.9 Å². The molecule has 1 aromatic heterocycles. The number of rotatable bonds is 7. The highest BCUT2D eigenvalue weighted by Crippen LogP contribution is 2.22. The second kappa shape index (κ2) is 9.96. The third-order valence-electron chi connectivity index (χ3n) is 5.43. The first-order chi connectivity index (χ1) is 15.6. The van der Waals surface area contributed by atoms with Crippen LogP contribution in [0.3, 0.4) is 0 Å². The normalized spacial score (nSPS) is 13.4. The predicted molar refractivity (Wildman–Crippen MR) is 123 cm³/mol. The van der Waals surface area contributed by atoms with Gasteiger partial charge in [0.25, 0.3) is 5.91 Å². The van der Waals surface area contributed by atoms with E-state index in [2.05, 4.69) is 15.2 Å². The number of carbonyl (C=O) groups is 2. The standard InChI is InChI=1S/C25H26N4O3/c26-24(30)19-4-8-21(9-5-19)32-22-10-6-20(7-11-22)25(31)28-17-18-12-13-27-23(16-18)29-14-2-1-3-15-29/h4-13,16H,1-3,14-15,17H2,(H2,26,30)(H,28,31). The molecule has 0 spiro atoms. The maximum atomic E-state index is 12.6. The van der Waals surface area contributed by atoms with E-state index >= 15 is 0 Å². The monoisotopic (exact) mass is 430 g/mol. The second-order valence-electron chi connectivity index (χ2n) is 7.77. The first-order valence-corrected chi connectivity index (χ1v) is 10.7. The number of piperidine rings is 1. The summed E-state index contributed by atoms with van der Waals surface area (Å²) in [6, 6.07) is 17.4. The summed E-state index contributed by atoms with van der Waals surface area (Å²) >= 11 is 0. The summed E-state index contributed by atoms with van der Waals surface area (Å²) < 4.78 is 5.75. The molecule has 4 rings (SSSR count). The molecule has 1 saturated heterocycles. The Morgan fingerprint density at radius 2 is 1.53 bits per heavy atom. The van der Waals surface area contributed by atoms with Crippen molar-refractivity contribution in [1.29, 1.82) is 0 Å². The molecule has 7 heteroatoms. The number of anilines is 1. The smallest absolute Gasteiger partial charge is 0.251 e. The van der Waals surface area contributed by atoms with Crippen LogP contribution >= 0.6 is 0 Å². The van der Waals surface area contributed by atoms with E-state index in [1.165, 1.54) is 19.3 Å². The van der Waals surface area contributed by atoms with Crippen LogP contribution in [0.1, 0.15) is 45.5 Å². The molecule has 2 amide bonds. The van der Waals surface area contributed by atoms with Gasteiger partial charge in [-0.1, -0.05) is 0 Å². The molecule has 3 N–H and O–H groups in total. The van der Waals surface area contributed by atoms with E-state index in [0.717, 1.165) is 24.5 Å². The minimum Gasteiger partial charge on any atom is -0.457 e. The molecule has 2 heterocycles. The van der Waals surface area contributed by atoms with Crippen molar-refractivity contribution in [1.82, 2.24) is 10.3 Å². The number of hydrogen-bond donors (Lipinski definition) is 2. The molecule has 1 fully saturated rings. The number of primary amides is 1. The number of aromatic nitrogens is 1. The number of hydrogen-bond acceptors (Lipinski definition) is 5. The van der Waals surface area contributed by atoms with Crippen LogP contribution in [0.4, 0.5) is 5.82 Å². The quantitative estimate of drug-likeness (QED) is 0.593. The van der Waals surface area contributed by atoms with Crippen molar-refractivity contribution in [2.75, 3.05) is 18.0 Å². The Balaban J connectivity index is 1.32. The van der Waals surface area contributed by atoms with Crippen molar-refractivity contribution in [3.63, 3.8) is 0 Å². The molecule has 0 saturated carbocycles. The van der Waals surface area contributed by atoms with Crippen LogP contribution < -0.4 is 20.7 Å². The lowest BCUT2D eigenvalue weighted by Crippen LogP contribution is -2.30. The van der Waals surface area contributed by atoms with E-state index in [1.54, 1.807) is 54.7 Å². The van der Waals surface area contributed by atoms with Crippen molar-refractivity contribution < 1.29 is 14.3 Å². The largest absolute Gasteiger partial charge is 0.457 e. The number of amides is 2. The zero-order valence-electron chi connectivity index (χ0n) is 17.8. The Morgan fingerprint density at radius 3 is 2.16 bits per heavy atom. The number of ether oxygens (including phenoxy) is 1. The highest BCUT2D eigenvalue weighted by Gasteiger charge is 2.13. The zero-order chi connectivity index (χ0) is 22.3. The van der Waals surface area contributed by atoms with E-state index in [0.29, 0.717) is 29.2 Å². The van der Waals surface area contributed by atoms with Crippen LogP contribution in [0.5, 0.6) is 11.5 Å². The zero-order valence-corrected chi connectivity index (χ0v) is 17.8. The fourth-order valence-electron chi connectivity index (χ4n) is 3.65. The van der Waals surface area contributed by atoms with Crippen molar-refractivity contribution in [3.8, 4) is 11.5 Å². The third-order valence-corrected chi connectivity index (χ3v) is 5.43. The van der Waals surface area contributed by atoms with Crippen LogP contribution in [0, 0.1) is 0 Å². The van der Waals surface area contributed by atoms with Gasteiger partial charge >= 0.3 is 0 Å². The molecule has 2 aromatic carbocycles. The molecule has 0 bridgehead atoms. The molecule has 32 heavy (non-hydrogen) atoms. The Morgan fingerprint density at radius 1 is 0.906 bits per heavy atom. The fraction of sp³-hybridized carbons (Fsp3) is 0.240. The van der Waals surface area contributed by atoms with Crippen molar-refractivity contribution in [2.24, 2.45) is 5.73 Å². The number of nitrogens with two attached hydrogens (primary N) is 1. The first-order valence-electron chi connectivity index (χ1n) is 10.7.